The number of nitrogens with one attached hydrogen (secondary N) is 1. The van der Waals surface area contributed by atoms with E-state index in [1.807, 2.05) is 54.7 Å². The molecule has 4 nitrogen and oxygen atoms in total. The van der Waals surface area contributed by atoms with E-state index in [1.54, 1.807) is 6.08 Å². The van der Waals surface area contributed by atoms with Gasteiger partial charge >= 0.3 is 0 Å². The van der Waals surface area contributed by atoms with Gasteiger partial charge in [0, 0.05) is 34.9 Å². The van der Waals surface area contributed by atoms with Crippen molar-refractivity contribution in [2.75, 3.05) is 5.32 Å². The maximum absolute atomic E-state index is 12.9. The molecule has 4 heteroatoms. The summed E-state index contributed by atoms with van der Waals surface area (Å²) in [4.78, 5) is 12.9. The molecule has 35 heavy (non-hydrogen) atoms. The van der Waals surface area contributed by atoms with Crippen LogP contribution in [-0.2, 0) is 17.8 Å². The molecule has 5 rings (SSSR count). The van der Waals surface area contributed by atoms with E-state index in [2.05, 4.69) is 65.3 Å². The average Bonchev–Trinajstić information content (AvgIpc) is 3.25. The summed E-state index contributed by atoms with van der Waals surface area (Å²) in [6.07, 6.45) is 4.63. The third-order valence-electron chi connectivity index (χ3n) is 6.32. The monoisotopic (exact) mass is 455 g/mol. The zero-order valence-electron chi connectivity index (χ0n) is 19.5. The van der Waals surface area contributed by atoms with Gasteiger partial charge in [-0.15, -0.1) is 0 Å². The number of aromatic nitrogens is 1. The van der Waals surface area contributed by atoms with Gasteiger partial charge in [-0.1, -0.05) is 79.7 Å². The van der Waals surface area contributed by atoms with Gasteiger partial charge < -0.3 is 9.88 Å². The van der Waals surface area contributed by atoms with Crippen molar-refractivity contribution < 1.29 is 4.79 Å². The molecule has 0 atom stereocenters. The van der Waals surface area contributed by atoms with Gasteiger partial charge in [0.2, 0.25) is 0 Å². The second-order valence-corrected chi connectivity index (χ2v) is 8.54. The molecular formula is C31H25N3O. The first-order valence-corrected chi connectivity index (χ1v) is 11.7. The SMILES string of the molecule is CCc1ccc(NC(=O)/C(C#N)=C/c2cn(Cc3cccc4ccccc34)c3ccccc23)cc1. The lowest BCUT2D eigenvalue weighted by Gasteiger charge is -2.09. The fraction of sp³-hybridized carbons (Fsp3) is 0.0968. The van der Waals surface area contributed by atoms with Crippen molar-refractivity contribution in [3.05, 3.63) is 119 Å². The Morgan fingerprint density at radius 1 is 0.914 bits per heavy atom. The summed E-state index contributed by atoms with van der Waals surface area (Å²) < 4.78 is 2.18. The molecule has 0 aliphatic rings. The van der Waals surface area contributed by atoms with Crippen molar-refractivity contribution in [1.82, 2.24) is 4.57 Å². The molecular weight excluding hydrogens is 430 g/mol. The summed E-state index contributed by atoms with van der Waals surface area (Å²) in [6, 6.07) is 32.5. The van der Waals surface area contributed by atoms with Crippen molar-refractivity contribution >= 4 is 39.3 Å². The molecule has 0 fully saturated rings. The number of benzene rings is 4. The van der Waals surface area contributed by atoms with Crippen molar-refractivity contribution in [1.29, 1.82) is 5.26 Å². The molecule has 170 valence electrons. The van der Waals surface area contributed by atoms with Crippen LogP contribution in [0.1, 0.15) is 23.6 Å². The van der Waals surface area contributed by atoms with Crippen molar-refractivity contribution in [3.8, 4) is 6.07 Å². The summed E-state index contributed by atoms with van der Waals surface area (Å²) in [7, 11) is 0. The van der Waals surface area contributed by atoms with Crippen LogP contribution in [-0.4, -0.2) is 10.5 Å². The van der Waals surface area contributed by atoms with Crippen LogP contribution in [0.25, 0.3) is 27.8 Å². The minimum absolute atomic E-state index is 0.0673. The van der Waals surface area contributed by atoms with Crippen LogP contribution in [0.4, 0.5) is 5.69 Å². The van der Waals surface area contributed by atoms with Gasteiger partial charge in [-0.25, -0.2) is 0 Å². The summed E-state index contributed by atoms with van der Waals surface area (Å²) in [5.74, 6) is -0.414. The standard InChI is InChI=1S/C31H25N3O/c1-2-22-14-16-27(17-15-22)33-31(35)25(19-32)18-26-21-34(30-13-6-5-12-29(26)30)20-24-10-7-9-23-8-3-4-11-28(23)24/h3-18,21H,2,20H2,1H3,(H,33,35)/b25-18+. The van der Waals surface area contributed by atoms with Crippen LogP contribution in [0, 0.1) is 11.3 Å². The zero-order valence-corrected chi connectivity index (χ0v) is 19.5. The topological polar surface area (TPSA) is 57.8 Å². The van der Waals surface area contributed by atoms with E-state index in [4.69, 9.17) is 0 Å². The van der Waals surface area contributed by atoms with Gasteiger partial charge in [-0.3, -0.25) is 4.79 Å². The van der Waals surface area contributed by atoms with Crippen LogP contribution in [0.3, 0.4) is 0 Å². The predicted molar refractivity (Wildman–Crippen MR) is 143 cm³/mol. The molecule has 1 aromatic heterocycles. The number of amides is 1. The Balaban J connectivity index is 1.49. The molecule has 0 bridgehead atoms. The first-order valence-electron chi connectivity index (χ1n) is 11.7. The Kier molecular flexibility index (Phi) is 6.15. The van der Waals surface area contributed by atoms with Gasteiger partial charge in [0.15, 0.2) is 0 Å². The fourth-order valence-electron chi connectivity index (χ4n) is 4.46. The third kappa shape index (κ3) is 4.58. The highest BCUT2D eigenvalue weighted by molar-refractivity contribution is 6.10. The molecule has 1 N–H and O–H groups in total. The molecule has 0 spiro atoms. The second-order valence-electron chi connectivity index (χ2n) is 8.54. The normalized spacial score (nSPS) is 11.5. The molecule has 0 saturated carbocycles. The third-order valence-corrected chi connectivity index (χ3v) is 6.32. The van der Waals surface area contributed by atoms with E-state index in [-0.39, 0.29) is 5.57 Å². The number of para-hydroxylation sites is 1. The number of hydrogen-bond donors (Lipinski definition) is 1. The number of nitriles is 1. The number of anilines is 1. The van der Waals surface area contributed by atoms with Crippen LogP contribution >= 0.6 is 0 Å². The quantitative estimate of drug-likeness (QED) is 0.222. The number of rotatable bonds is 6. The lowest BCUT2D eigenvalue weighted by Crippen LogP contribution is -2.13. The minimum Gasteiger partial charge on any atom is -0.342 e. The van der Waals surface area contributed by atoms with E-state index in [1.165, 1.54) is 21.9 Å². The van der Waals surface area contributed by atoms with Crippen molar-refractivity contribution in [3.63, 3.8) is 0 Å². The summed E-state index contributed by atoms with van der Waals surface area (Å²) in [5.41, 5.74) is 5.05. The van der Waals surface area contributed by atoms with Crippen LogP contribution < -0.4 is 5.32 Å². The zero-order chi connectivity index (χ0) is 24.2. The molecule has 0 unspecified atom stereocenters. The van der Waals surface area contributed by atoms with Gasteiger partial charge in [-0.05, 0) is 52.6 Å². The van der Waals surface area contributed by atoms with E-state index >= 15 is 0 Å². The Morgan fingerprint density at radius 3 is 2.40 bits per heavy atom. The predicted octanol–water partition coefficient (Wildman–Crippen LogP) is 6.95. The lowest BCUT2D eigenvalue weighted by molar-refractivity contribution is -0.112. The first kappa shape index (κ1) is 22.2. The Labute approximate surface area is 204 Å². The number of fused-ring (bicyclic) bond motifs is 2. The molecule has 0 radical (unpaired) electrons. The summed E-state index contributed by atoms with van der Waals surface area (Å²) in [6.45, 7) is 2.77. The Bertz CT molecular complexity index is 1600. The number of carbonyl (C=O) groups is 1. The molecule has 0 aliphatic carbocycles. The van der Waals surface area contributed by atoms with Gasteiger partial charge in [-0.2, -0.15) is 5.26 Å². The number of aryl methyl sites for hydroxylation is 1. The van der Waals surface area contributed by atoms with Gasteiger partial charge in [0.25, 0.3) is 5.91 Å². The highest BCUT2D eigenvalue weighted by Crippen LogP contribution is 2.27. The fourth-order valence-corrected chi connectivity index (χ4v) is 4.46. The van der Waals surface area contributed by atoms with Gasteiger partial charge in [0.05, 0.1) is 0 Å². The van der Waals surface area contributed by atoms with E-state index in [9.17, 15) is 10.1 Å². The largest absolute Gasteiger partial charge is 0.342 e. The van der Waals surface area contributed by atoms with Crippen molar-refractivity contribution in [2.24, 2.45) is 0 Å². The number of carbonyl (C=O) groups excluding carboxylic acids is 1. The van der Waals surface area contributed by atoms with E-state index in [0.717, 1.165) is 22.9 Å². The number of nitrogens with zero attached hydrogens (tertiary/aromatic N) is 2. The number of hydrogen-bond acceptors (Lipinski definition) is 2. The summed E-state index contributed by atoms with van der Waals surface area (Å²) in [5, 5.41) is 16.0. The molecule has 1 amide bonds. The van der Waals surface area contributed by atoms with Crippen molar-refractivity contribution in [2.45, 2.75) is 19.9 Å². The highest BCUT2D eigenvalue weighted by Gasteiger charge is 2.13. The molecule has 0 saturated heterocycles. The molecule has 4 aromatic carbocycles. The Morgan fingerprint density at radius 2 is 1.63 bits per heavy atom. The minimum atomic E-state index is -0.414. The highest BCUT2D eigenvalue weighted by atomic mass is 16.1. The average molecular weight is 456 g/mol. The molecule has 0 aliphatic heterocycles. The van der Waals surface area contributed by atoms with Gasteiger partial charge in [0.1, 0.15) is 11.6 Å². The van der Waals surface area contributed by atoms with Crippen LogP contribution in [0.5, 0.6) is 0 Å². The van der Waals surface area contributed by atoms with E-state index in [0.29, 0.717) is 12.2 Å². The molecule has 1 heterocycles. The summed E-state index contributed by atoms with van der Waals surface area (Å²) >= 11 is 0. The maximum Gasteiger partial charge on any atom is 0.266 e. The lowest BCUT2D eigenvalue weighted by atomic mass is 10.0. The first-order chi connectivity index (χ1) is 17.2. The van der Waals surface area contributed by atoms with Crippen LogP contribution in [0.2, 0.25) is 0 Å². The molecule has 5 aromatic rings. The van der Waals surface area contributed by atoms with Crippen LogP contribution in [0.15, 0.2) is 103 Å². The smallest absolute Gasteiger partial charge is 0.266 e. The second kappa shape index (κ2) is 9.70. The maximum atomic E-state index is 12.9. The Hall–Kier alpha value is -4.62. The van der Waals surface area contributed by atoms with E-state index < -0.39 is 5.91 Å².